The number of nitrogens with one attached hydrogen (secondary N) is 2. The fraction of sp³-hybridized carbons (Fsp3) is 0.152. The van der Waals surface area contributed by atoms with Crippen LogP contribution in [0.25, 0.3) is 6.08 Å². The van der Waals surface area contributed by atoms with Crippen LogP contribution in [0.3, 0.4) is 0 Å². The highest BCUT2D eigenvalue weighted by Crippen LogP contribution is 2.30. The number of hydrogen-bond donors (Lipinski definition) is 2. The molecular formula is C33H31ClN4O3S2. The quantitative estimate of drug-likeness (QED) is 0.185. The Bertz CT molecular complexity index is 1650. The standard InChI is InChI=1S/C33H31ClN4O3S2/c34-30-14-8-7-9-25(30)15-20-31(39)36-33(42)35-28-16-18-29(19-17-28)43(40,41)38-23-21-37(22-24-38)32(26-10-3-1-4-11-26)27-12-5-2-6-13-27/h1-20,32H,21-24H2,(H2,35,36,39,42). The lowest BCUT2D eigenvalue weighted by Crippen LogP contribution is -2.49. The number of nitrogens with zero attached hydrogens (tertiary/aromatic N) is 2. The van der Waals surface area contributed by atoms with E-state index >= 15 is 0 Å². The second kappa shape index (κ2) is 14.1. The second-order valence-corrected chi connectivity index (χ2v) is 12.7. The molecule has 0 radical (unpaired) electrons. The predicted molar refractivity (Wildman–Crippen MR) is 176 cm³/mol. The molecule has 1 heterocycles. The third-order valence-electron chi connectivity index (χ3n) is 7.18. The van der Waals surface area contributed by atoms with Crippen molar-refractivity contribution < 1.29 is 13.2 Å². The first-order valence-electron chi connectivity index (χ1n) is 13.8. The van der Waals surface area contributed by atoms with Crippen LogP contribution in [-0.2, 0) is 14.8 Å². The monoisotopic (exact) mass is 630 g/mol. The summed E-state index contributed by atoms with van der Waals surface area (Å²) in [5, 5.41) is 6.11. The summed E-state index contributed by atoms with van der Waals surface area (Å²) < 4.78 is 28.5. The molecule has 2 N–H and O–H groups in total. The predicted octanol–water partition coefficient (Wildman–Crippen LogP) is 5.96. The molecule has 10 heteroatoms. The lowest BCUT2D eigenvalue weighted by Gasteiger charge is -2.39. The van der Waals surface area contributed by atoms with E-state index in [1.54, 1.807) is 42.5 Å². The van der Waals surface area contributed by atoms with E-state index in [1.807, 2.05) is 48.5 Å². The van der Waals surface area contributed by atoms with Crippen LogP contribution < -0.4 is 10.6 Å². The van der Waals surface area contributed by atoms with Crippen molar-refractivity contribution in [2.45, 2.75) is 10.9 Å². The average Bonchev–Trinajstić information content (AvgIpc) is 3.02. The van der Waals surface area contributed by atoms with E-state index in [9.17, 15) is 13.2 Å². The summed E-state index contributed by atoms with van der Waals surface area (Å²) >= 11 is 11.4. The number of amides is 1. The Morgan fingerprint density at radius 3 is 1.93 bits per heavy atom. The Kier molecular flexibility index (Phi) is 10.0. The van der Waals surface area contributed by atoms with Crippen molar-refractivity contribution in [3.8, 4) is 0 Å². The minimum Gasteiger partial charge on any atom is -0.332 e. The van der Waals surface area contributed by atoms with Crippen molar-refractivity contribution in [3.63, 3.8) is 0 Å². The van der Waals surface area contributed by atoms with Crippen LogP contribution in [0.4, 0.5) is 5.69 Å². The van der Waals surface area contributed by atoms with Gasteiger partial charge in [0.2, 0.25) is 15.9 Å². The van der Waals surface area contributed by atoms with Crippen LogP contribution in [0.1, 0.15) is 22.7 Å². The van der Waals surface area contributed by atoms with Gasteiger partial charge in [0, 0.05) is 43.0 Å². The first-order chi connectivity index (χ1) is 20.8. The van der Waals surface area contributed by atoms with Gasteiger partial charge in [0.15, 0.2) is 5.11 Å². The molecule has 0 bridgehead atoms. The third kappa shape index (κ3) is 7.76. The van der Waals surface area contributed by atoms with Crippen LogP contribution in [0.5, 0.6) is 0 Å². The Hall–Kier alpha value is -3.86. The molecular weight excluding hydrogens is 600 g/mol. The highest BCUT2D eigenvalue weighted by Gasteiger charge is 2.32. The van der Waals surface area contributed by atoms with Gasteiger partial charge in [-0.05, 0) is 65.3 Å². The zero-order chi connectivity index (χ0) is 30.2. The highest BCUT2D eigenvalue weighted by molar-refractivity contribution is 7.89. The molecule has 1 amide bonds. The normalized spacial score (nSPS) is 14.6. The molecule has 4 aromatic carbocycles. The number of anilines is 1. The maximum Gasteiger partial charge on any atom is 0.250 e. The summed E-state index contributed by atoms with van der Waals surface area (Å²) in [5.41, 5.74) is 3.62. The number of benzene rings is 4. The fourth-order valence-electron chi connectivity index (χ4n) is 5.04. The number of carbonyl (C=O) groups is 1. The number of thiocarbonyl (C=S) groups is 1. The van der Waals surface area contributed by atoms with Gasteiger partial charge in [-0.25, -0.2) is 8.42 Å². The summed E-state index contributed by atoms with van der Waals surface area (Å²) in [6.07, 6.45) is 2.94. The SMILES string of the molecule is O=C(C=Cc1ccccc1Cl)NC(=S)Nc1ccc(S(=O)(=O)N2CCN(C(c3ccccc3)c3ccccc3)CC2)cc1. The van der Waals surface area contributed by atoms with Gasteiger partial charge >= 0.3 is 0 Å². The number of piperazine rings is 1. The molecule has 0 spiro atoms. The minimum atomic E-state index is -3.69. The number of hydrogen-bond acceptors (Lipinski definition) is 5. The number of sulfonamides is 1. The number of rotatable bonds is 8. The molecule has 7 nitrogen and oxygen atoms in total. The van der Waals surface area contributed by atoms with E-state index in [0.717, 1.165) is 0 Å². The Morgan fingerprint density at radius 2 is 1.35 bits per heavy atom. The Labute approximate surface area is 262 Å². The van der Waals surface area contributed by atoms with Gasteiger partial charge in [0.1, 0.15) is 0 Å². The molecule has 43 heavy (non-hydrogen) atoms. The average molecular weight is 631 g/mol. The molecule has 0 atom stereocenters. The summed E-state index contributed by atoms with van der Waals surface area (Å²) in [6, 6.07) is 34.2. The first kappa shape index (κ1) is 30.6. The maximum atomic E-state index is 13.5. The van der Waals surface area contributed by atoms with Crippen LogP contribution in [0.2, 0.25) is 5.02 Å². The van der Waals surface area contributed by atoms with E-state index in [4.69, 9.17) is 23.8 Å². The number of halogens is 1. The summed E-state index contributed by atoms with van der Waals surface area (Å²) in [5.74, 6) is -0.419. The third-order valence-corrected chi connectivity index (χ3v) is 9.64. The summed E-state index contributed by atoms with van der Waals surface area (Å²) in [4.78, 5) is 14.8. The molecule has 0 saturated carbocycles. The molecule has 0 aliphatic carbocycles. The van der Waals surface area contributed by atoms with E-state index in [2.05, 4.69) is 39.8 Å². The van der Waals surface area contributed by atoms with E-state index in [1.165, 1.54) is 21.5 Å². The van der Waals surface area contributed by atoms with Gasteiger partial charge < -0.3 is 5.32 Å². The topological polar surface area (TPSA) is 81.8 Å². The summed E-state index contributed by atoms with van der Waals surface area (Å²) in [7, 11) is -3.69. The molecule has 0 aromatic heterocycles. The first-order valence-corrected chi connectivity index (χ1v) is 16.0. The van der Waals surface area contributed by atoms with Crippen molar-refractivity contribution >= 4 is 56.6 Å². The van der Waals surface area contributed by atoms with Crippen molar-refractivity contribution in [2.75, 3.05) is 31.5 Å². The van der Waals surface area contributed by atoms with Gasteiger partial charge in [-0.1, -0.05) is 90.5 Å². The zero-order valence-corrected chi connectivity index (χ0v) is 25.7. The van der Waals surface area contributed by atoms with Gasteiger partial charge in [-0.15, -0.1) is 0 Å². The lowest BCUT2D eigenvalue weighted by atomic mass is 9.96. The molecule has 0 unspecified atom stereocenters. The zero-order valence-electron chi connectivity index (χ0n) is 23.3. The molecule has 5 rings (SSSR count). The van der Waals surface area contributed by atoms with Crippen molar-refractivity contribution in [2.24, 2.45) is 0 Å². The fourth-order valence-corrected chi connectivity index (χ4v) is 6.88. The Balaban J connectivity index is 1.18. The van der Waals surface area contributed by atoms with Gasteiger partial charge in [0.05, 0.1) is 10.9 Å². The van der Waals surface area contributed by atoms with Gasteiger partial charge in [0.25, 0.3) is 0 Å². The molecule has 1 fully saturated rings. The van der Waals surface area contributed by atoms with Crippen molar-refractivity contribution in [1.82, 2.24) is 14.5 Å². The van der Waals surface area contributed by atoms with Crippen molar-refractivity contribution in [3.05, 3.63) is 137 Å². The second-order valence-electron chi connectivity index (χ2n) is 9.99. The smallest absolute Gasteiger partial charge is 0.250 e. The number of carbonyl (C=O) groups excluding carboxylic acids is 1. The van der Waals surface area contributed by atoms with Crippen LogP contribution in [-0.4, -0.2) is 54.8 Å². The minimum absolute atomic E-state index is 0.0496. The highest BCUT2D eigenvalue weighted by atomic mass is 35.5. The van der Waals surface area contributed by atoms with E-state index in [-0.39, 0.29) is 16.0 Å². The molecule has 1 aliphatic heterocycles. The van der Waals surface area contributed by atoms with Crippen LogP contribution in [0, 0.1) is 0 Å². The van der Waals surface area contributed by atoms with Crippen LogP contribution in [0.15, 0.2) is 120 Å². The van der Waals surface area contributed by atoms with Crippen LogP contribution >= 0.6 is 23.8 Å². The lowest BCUT2D eigenvalue weighted by molar-refractivity contribution is -0.115. The molecule has 220 valence electrons. The maximum absolute atomic E-state index is 13.5. The summed E-state index contributed by atoms with van der Waals surface area (Å²) in [6.45, 7) is 1.98. The Morgan fingerprint density at radius 1 is 0.791 bits per heavy atom. The van der Waals surface area contributed by atoms with E-state index in [0.29, 0.717) is 42.5 Å². The van der Waals surface area contributed by atoms with Gasteiger partial charge in [-0.2, -0.15) is 4.31 Å². The molecule has 1 saturated heterocycles. The molecule has 1 aliphatic rings. The van der Waals surface area contributed by atoms with Crippen molar-refractivity contribution in [1.29, 1.82) is 0 Å². The largest absolute Gasteiger partial charge is 0.332 e. The van der Waals surface area contributed by atoms with Gasteiger partial charge in [-0.3, -0.25) is 15.0 Å². The van der Waals surface area contributed by atoms with E-state index < -0.39 is 15.9 Å². The molecule has 4 aromatic rings.